The average molecular weight is 483 g/mol. The van der Waals surface area contributed by atoms with E-state index < -0.39 is 5.91 Å². The number of aromatic nitrogens is 2. The lowest BCUT2D eigenvalue weighted by atomic mass is 9.98. The maximum absolute atomic E-state index is 12.9. The first-order valence-corrected chi connectivity index (χ1v) is 12.4. The lowest BCUT2D eigenvalue weighted by Crippen LogP contribution is -2.35. The molecule has 2 aliphatic heterocycles. The summed E-state index contributed by atoms with van der Waals surface area (Å²) in [5.41, 5.74) is 6.37. The number of amidine groups is 2. The van der Waals surface area contributed by atoms with Crippen LogP contribution in [0.2, 0.25) is 0 Å². The van der Waals surface area contributed by atoms with Crippen LogP contribution in [0.4, 0.5) is 0 Å². The number of nitrogens with one attached hydrogen (secondary N) is 1. The summed E-state index contributed by atoms with van der Waals surface area (Å²) in [6.07, 6.45) is 6.25. The fourth-order valence-electron chi connectivity index (χ4n) is 4.27. The van der Waals surface area contributed by atoms with Gasteiger partial charge in [-0.1, -0.05) is 26.0 Å². The van der Waals surface area contributed by atoms with Gasteiger partial charge in [0, 0.05) is 35.0 Å². The van der Waals surface area contributed by atoms with Gasteiger partial charge in [-0.05, 0) is 85.5 Å². The van der Waals surface area contributed by atoms with E-state index in [0.29, 0.717) is 16.1 Å². The molecule has 0 bridgehead atoms. The highest BCUT2D eigenvalue weighted by atomic mass is 32.2. The zero-order valence-corrected chi connectivity index (χ0v) is 20.9. The minimum Gasteiger partial charge on any atom is -0.318 e. The molecule has 5 rings (SSSR count). The quantitative estimate of drug-likeness (QED) is 0.475. The molecule has 0 spiro atoms. The van der Waals surface area contributed by atoms with Gasteiger partial charge in [0.05, 0.1) is 5.57 Å². The van der Waals surface area contributed by atoms with Gasteiger partial charge in [0.2, 0.25) is 5.17 Å². The van der Waals surface area contributed by atoms with Crippen LogP contribution >= 0.6 is 11.8 Å². The van der Waals surface area contributed by atoms with E-state index >= 15 is 0 Å². The zero-order chi connectivity index (χ0) is 24.7. The first kappa shape index (κ1) is 23.0. The molecule has 176 valence electrons. The molecule has 0 aliphatic carbocycles. The number of rotatable bonds is 5. The number of hydrogen-bond acceptors (Lipinski definition) is 5. The van der Waals surface area contributed by atoms with Crippen LogP contribution in [0.3, 0.4) is 0 Å². The molecule has 0 saturated carbocycles. The summed E-state index contributed by atoms with van der Waals surface area (Å²) in [5.74, 6) is 0.114. The molecule has 8 heteroatoms. The first-order chi connectivity index (χ1) is 16.9. The van der Waals surface area contributed by atoms with E-state index in [0.717, 1.165) is 34.6 Å². The second kappa shape index (κ2) is 9.11. The molecule has 1 amide bonds. The summed E-state index contributed by atoms with van der Waals surface area (Å²) in [5, 5.41) is 15.7. The largest absolute Gasteiger partial charge is 0.318 e. The molecule has 2 aromatic heterocycles. The number of aliphatic imine (C=N–C) groups is 1. The Morgan fingerprint density at radius 3 is 2.63 bits per heavy atom. The zero-order valence-electron chi connectivity index (χ0n) is 20.1. The van der Waals surface area contributed by atoms with E-state index in [1.165, 1.54) is 22.3 Å². The number of thioether (sulfide) groups is 1. The summed E-state index contributed by atoms with van der Waals surface area (Å²) in [4.78, 5) is 21.2. The van der Waals surface area contributed by atoms with E-state index in [1.54, 1.807) is 18.5 Å². The molecule has 1 aromatic carbocycles. The number of fused-ring (bicyclic) bond motifs is 1. The molecule has 0 unspecified atom stereocenters. The van der Waals surface area contributed by atoms with Crippen molar-refractivity contribution in [3.05, 3.63) is 88.5 Å². The Hall–Kier alpha value is -3.78. The number of pyridine rings is 1. The van der Waals surface area contributed by atoms with Gasteiger partial charge >= 0.3 is 0 Å². The lowest BCUT2D eigenvalue weighted by Gasteiger charge is -2.20. The Morgan fingerprint density at radius 1 is 1.17 bits per heavy atom. The number of aryl methyl sites for hydroxylation is 1. The normalized spacial score (nSPS) is 17.5. The van der Waals surface area contributed by atoms with E-state index in [9.17, 15) is 4.79 Å². The summed E-state index contributed by atoms with van der Waals surface area (Å²) < 4.78 is 2.17. The van der Waals surface area contributed by atoms with E-state index in [2.05, 4.69) is 57.8 Å². The van der Waals surface area contributed by atoms with Crippen molar-refractivity contribution < 1.29 is 4.79 Å². The van der Waals surface area contributed by atoms with Crippen molar-refractivity contribution in [2.24, 2.45) is 10.1 Å². The predicted molar refractivity (Wildman–Crippen MR) is 142 cm³/mol. The van der Waals surface area contributed by atoms with Crippen LogP contribution in [0.25, 0.3) is 11.8 Å². The van der Waals surface area contributed by atoms with E-state index in [-0.39, 0.29) is 11.4 Å². The van der Waals surface area contributed by atoms with Gasteiger partial charge in [0.25, 0.3) is 5.91 Å². The smallest absolute Gasteiger partial charge is 0.283 e. The maximum Gasteiger partial charge on any atom is 0.283 e. The van der Waals surface area contributed by atoms with Crippen molar-refractivity contribution in [3.63, 3.8) is 0 Å². The van der Waals surface area contributed by atoms with Gasteiger partial charge < -0.3 is 4.57 Å². The highest BCUT2D eigenvalue weighted by Gasteiger charge is 2.36. The Bertz CT molecular complexity index is 1420. The fourth-order valence-corrected chi connectivity index (χ4v) is 5.15. The van der Waals surface area contributed by atoms with E-state index in [4.69, 9.17) is 5.41 Å². The third-order valence-electron chi connectivity index (χ3n) is 6.47. The number of carbonyl (C=O) groups is 1. The van der Waals surface area contributed by atoms with Crippen LogP contribution in [0.15, 0.2) is 70.5 Å². The first-order valence-electron chi connectivity index (χ1n) is 11.6. The molecule has 7 nitrogen and oxygen atoms in total. The second-order valence-electron chi connectivity index (χ2n) is 8.73. The average Bonchev–Trinajstić information content (AvgIpc) is 3.42. The Balaban J connectivity index is 1.47. The van der Waals surface area contributed by atoms with Crippen LogP contribution in [0.5, 0.6) is 0 Å². The van der Waals surface area contributed by atoms with Crippen LogP contribution in [0, 0.1) is 19.3 Å². The Morgan fingerprint density at radius 2 is 1.94 bits per heavy atom. The van der Waals surface area contributed by atoms with E-state index in [1.807, 2.05) is 32.0 Å². The number of hydrazone groups is 1. The standard InChI is InChI=1S/C27H26N6OS/c1-5-16(2)19-8-10-22(11-9-19)32-17(3)13-21(18(32)4)14-23-24(28)33-27(30-25(23)34)35-26(31-33)20-7-6-12-29-15-20/h6-16,28H,5H2,1-4H3/b23-14-,28-24?/t16-/m1/s1. The molecular weight excluding hydrogens is 456 g/mol. The van der Waals surface area contributed by atoms with Crippen molar-refractivity contribution in [2.75, 3.05) is 0 Å². The topological polar surface area (TPSA) is 86.7 Å². The van der Waals surface area contributed by atoms with Crippen LogP contribution in [-0.2, 0) is 4.79 Å². The van der Waals surface area contributed by atoms with Gasteiger partial charge in [0.15, 0.2) is 5.84 Å². The van der Waals surface area contributed by atoms with Gasteiger partial charge in [-0.15, -0.1) is 0 Å². The molecule has 1 atom stereocenters. The SMILES string of the molecule is CC[C@@H](C)c1ccc(-n2c(C)cc(/C=C3/C(=N)N4N=C(c5cccnc5)SC4=NC3=O)c2C)cc1. The number of nitrogens with zero attached hydrogens (tertiary/aromatic N) is 5. The van der Waals surface area contributed by atoms with Crippen molar-refractivity contribution in [3.8, 4) is 5.69 Å². The number of carbonyl (C=O) groups excluding carboxylic acids is 1. The molecule has 3 aromatic rings. The van der Waals surface area contributed by atoms with Crippen LogP contribution < -0.4 is 0 Å². The summed E-state index contributed by atoms with van der Waals surface area (Å²) in [6, 6.07) is 14.4. The molecule has 0 radical (unpaired) electrons. The summed E-state index contributed by atoms with van der Waals surface area (Å²) in [6.45, 7) is 8.50. The monoisotopic (exact) mass is 482 g/mol. The highest BCUT2D eigenvalue weighted by molar-refractivity contribution is 8.27. The van der Waals surface area contributed by atoms with Gasteiger partial charge in [-0.3, -0.25) is 15.2 Å². The Kier molecular flexibility index (Phi) is 5.98. The van der Waals surface area contributed by atoms with Crippen molar-refractivity contribution >= 4 is 39.8 Å². The van der Waals surface area contributed by atoms with Gasteiger partial charge in [-0.25, -0.2) is 0 Å². The second-order valence-corrected chi connectivity index (χ2v) is 9.69. The minimum absolute atomic E-state index is 0.0223. The van der Waals surface area contributed by atoms with Gasteiger partial charge in [0.1, 0.15) is 5.04 Å². The number of benzene rings is 1. The lowest BCUT2D eigenvalue weighted by molar-refractivity contribution is -0.114. The van der Waals surface area contributed by atoms with Crippen LogP contribution in [-0.4, -0.2) is 36.5 Å². The third kappa shape index (κ3) is 4.14. The molecule has 0 saturated heterocycles. The summed E-state index contributed by atoms with van der Waals surface area (Å²) in [7, 11) is 0. The maximum atomic E-state index is 12.9. The molecular formula is C27H26N6OS. The molecule has 4 heterocycles. The van der Waals surface area contributed by atoms with Crippen molar-refractivity contribution in [2.45, 2.75) is 40.0 Å². The molecule has 35 heavy (non-hydrogen) atoms. The fraction of sp³-hybridized carbons (Fsp3) is 0.222. The highest BCUT2D eigenvalue weighted by Crippen LogP contribution is 2.32. The van der Waals surface area contributed by atoms with Crippen molar-refractivity contribution in [1.29, 1.82) is 5.41 Å². The predicted octanol–water partition coefficient (Wildman–Crippen LogP) is 5.67. The molecule has 2 aliphatic rings. The van der Waals surface area contributed by atoms with Gasteiger partial charge in [-0.2, -0.15) is 15.1 Å². The van der Waals surface area contributed by atoms with Crippen LogP contribution in [0.1, 0.15) is 54.3 Å². The number of hydrogen-bond donors (Lipinski definition) is 1. The minimum atomic E-state index is -0.431. The molecule has 1 N–H and O–H groups in total. The van der Waals surface area contributed by atoms with Crippen molar-refractivity contribution in [1.82, 2.24) is 14.6 Å². The third-order valence-corrected chi connectivity index (χ3v) is 7.42. The Labute approximate surface area is 208 Å². The number of amides is 1. The molecule has 0 fully saturated rings. The summed E-state index contributed by atoms with van der Waals surface area (Å²) >= 11 is 1.27.